The molecule has 0 fully saturated rings. The van der Waals surface area contributed by atoms with Crippen LogP contribution < -0.4 is 9.47 Å². The highest BCUT2D eigenvalue weighted by Crippen LogP contribution is 2.36. The van der Waals surface area contributed by atoms with Crippen LogP contribution in [0.4, 0.5) is 4.39 Å². The van der Waals surface area contributed by atoms with E-state index in [2.05, 4.69) is 0 Å². The Labute approximate surface area is 145 Å². The van der Waals surface area contributed by atoms with Gasteiger partial charge in [0.25, 0.3) is 0 Å². The van der Waals surface area contributed by atoms with Crippen molar-refractivity contribution in [2.75, 3.05) is 6.61 Å². The Balaban J connectivity index is 2.38. The third-order valence-electron chi connectivity index (χ3n) is 3.64. The van der Waals surface area contributed by atoms with Crippen molar-refractivity contribution in [1.82, 2.24) is 0 Å². The highest BCUT2D eigenvalue weighted by Gasteiger charge is 2.23. The van der Waals surface area contributed by atoms with Crippen molar-refractivity contribution in [1.29, 1.82) is 0 Å². The van der Waals surface area contributed by atoms with Gasteiger partial charge in [-0.2, -0.15) is 0 Å². The molecule has 0 saturated carbocycles. The lowest BCUT2D eigenvalue weighted by atomic mass is 10.1. The number of rotatable bonds is 9. The molecule has 2 aromatic rings. The van der Waals surface area contributed by atoms with Gasteiger partial charge in [0.1, 0.15) is 12.4 Å². The number of hydrogen-bond donors (Lipinski definition) is 2. The fraction of sp³-hybridized carbons (Fsp3) is 0.316. The zero-order valence-electron chi connectivity index (χ0n) is 14.0. The van der Waals surface area contributed by atoms with Gasteiger partial charge >= 0.3 is 5.97 Å². The van der Waals surface area contributed by atoms with Crippen molar-refractivity contribution in [3.8, 4) is 11.5 Å². The molecule has 0 heterocycles. The summed E-state index contributed by atoms with van der Waals surface area (Å²) in [4.78, 5) is 11.3. The number of aliphatic hydroxyl groups excluding tert-OH is 1. The maximum Gasteiger partial charge on any atom is 0.338 e. The molecule has 25 heavy (non-hydrogen) atoms. The minimum atomic E-state index is -1.43. The highest BCUT2D eigenvalue weighted by atomic mass is 19.1. The van der Waals surface area contributed by atoms with Crippen molar-refractivity contribution in [3.63, 3.8) is 0 Å². The van der Waals surface area contributed by atoms with Gasteiger partial charge < -0.3 is 19.7 Å². The van der Waals surface area contributed by atoms with E-state index in [1.807, 2.05) is 37.3 Å². The van der Waals surface area contributed by atoms with Gasteiger partial charge in [0.2, 0.25) is 0 Å². The number of halogens is 1. The zero-order chi connectivity index (χ0) is 18.2. The van der Waals surface area contributed by atoms with Gasteiger partial charge in [-0.15, -0.1) is 0 Å². The number of aliphatic hydroxyl groups is 1. The number of benzene rings is 2. The summed E-state index contributed by atoms with van der Waals surface area (Å²) in [5.74, 6) is -2.29. The van der Waals surface area contributed by atoms with E-state index in [4.69, 9.17) is 9.47 Å². The molecule has 0 atom stereocenters. The fourth-order valence-corrected chi connectivity index (χ4v) is 2.29. The second kappa shape index (κ2) is 9.03. The van der Waals surface area contributed by atoms with Crippen LogP contribution in [-0.4, -0.2) is 22.8 Å². The second-order valence-electron chi connectivity index (χ2n) is 5.48. The molecule has 0 aromatic heterocycles. The third kappa shape index (κ3) is 4.70. The number of carbonyl (C=O) groups is 1. The molecule has 5 nitrogen and oxygen atoms in total. The Morgan fingerprint density at radius 1 is 1.20 bits per heavy atom. The first-order valence-electron chi connectivity index (χ1n) is 8.07. The largest absolute Gasteiger partial charge is 0.489 e. The summed E-state index contributed by atoms with van der Waals surface area (Å²) in [6, 6.07) is 10.4. The monoisotopic (exact) mass is 348 g/mol. The molecular weight excluding hydrogens is 327 g/mol. The Morgan fingerprint density at radius 2 is 1.92 bits per heavy atom. The molecule has 0 unspecified atom stereocenters. The molecule has 0 aliphatic carbocycles. The Morgan fingerprint density at radius 3 is 2.52 bits per heavy atom. The van der Waals surface area contributed by atoms with Crippen LogP contribution in [0.25, 0.3) is 0 Å². The summed E-state index contributed by atoms with van der Waals surface area (Å²) in [6.45, 7) is 1.78. The van der Waals surface area contributed by atoms with Crippen LogP contribution >= 0.6 is 0 Å². The fourth-order valence-electron chi connectivity index (χ4n) is 2.29. The van der Waals surface area contributed by atoms with Crippen molar-refractivity contribution < 1.29 is 28.9 Å². The minimum absolute atomic E-state index is 0.0504. The molecule has 0 spiro atoms. The average Bonchev–Trinajstić information content (AvgIpc) is 2.61. The average molecular weight is 348 g/mol. The van der Waals surface area contributed by atoms with Gasteiger partial charge in [0.05, 0.1) is 24.3 Å². The van der Waals surface area contributed by atoms with E-state index in [-0.39, 0.29) is 23.7 Å². The van der Waals surface area contributed by atoms with Gasteiger partial charge in [-0.1, -0.05) is 43.7 Å². The zero-order valence-corrected chi connectivity index (χ0v) is 14.0. The number of carboxylic acid groups (broad SMARTS) is 1. The van der Waals surface area contributed by atoms with Crippen LogP contribution in [0.5, 0.6) is 11.5 Å². The van der Waals surface area contributed by atoms with E-state index in [0.29, 0.717) is 6.61 Å². The number of unbranched alkanes of at least 4 members (excludes halogenated alkanes) is 1. The van der Waals surface area contributed by atoms with E-state index in [1.165, 1.54) is 0 Å². The highest BCUT2D eigenvalue weighted by molar-refractivity contribution is 5.89. The van der Waals surface area contributed by atoms with Crippen LogP contribution in [0.15, 0.2) is 36.4 Å². The molecule has 2 N–H and O–H groups in total. The minimum Gasteiger partial charge on any atom is -0.489 e. The first-order valence-corrected chi connectivity index (χ1v) is 8.07. The van der Waals surface area contributed by atoms with E-state index >= 15 is 0 Å². The van der Waals surface area contributed by atoms with Gasteiger partial charge in [-0.05, 0) is 12.0 Å². The van der Waals surface area contributed by atoms with E-state index < -0.39 is 24.0 Å². The third-order valence-corrected chi connectivity index (χ3v) is 3.64. The predicted octanol–water partition coefficient (Wildman–Crippen LogP) is 3.77. The molecule has 2 aromatic carbocycles. The molecule has 0 bridgehead atoms. The van der Waals surface area contributed by atoms with Gasteiger partial charge in [0, 0.05) is 6.07 Å². The first kappa shape index (κ1) is 18.7. The van der Waals surface area contributed by atoms with Gasteiger partial charge in [0.15, 0.2) is 11.5 Å². The molecule has 0 aliphatic heterocycles. The normalized spacial score (nSPS) is 10.5. The Bertz CT molecular complexity index is 715. The summed E-state index contributed by atoms with van der Waals surface area (Å²) < 4.78 is 25.6. The Hall–Kier alpha value is -2.60. The Kier molecular flexibility index (Phi) is 6.77. The predicted molar refractivity (Wildman–Crippen MR) is 90.5 cm³/mol. The molecule has 134 valence electrons. The lowest BCUT2D eigenvalue weighted by Gasteiger charge is -2.17. The van der Waals surface area contributed by atoms with Gasteiger partial charge in [-0.3, -0.25) is 0 Å². The number of ether oxygens (including phenoxy) is 2. The molecule has 2 rings (SSSR count). The van der Waals surface area contributed by atoms with Crippen molar-refractivity contribution in [3.05, 3.63) is 58.9 Å². The summed E-state index contributed by atoms with van der Waals surface area (Å²) in [6.07, 6.45) is 1.62. The summed E-state index contributed by atoms with van der Waals surface area (Å²) >= 11 is 0. The summed E-state index contributed by atoms with van der Waals surface area (Å²) in [5.41, 5.74) is 0.0998. The van der Waals surface area contributed by atoms with Crippen molar-refractivity contribution >= 4 is 5.97 Å². The van der Waals surface area contributed by atoms with Crippen LogP contribution in [0.2, 0.25) is 0 Å². The molecule has 6 heteroatoms. The molecule has 0 radical (unpaired) electrons. The lowest BCUT2D eigenvalue weighted by Crippen LogP contribution is -2.10. The molecular formula is C19H21FO5. The number of hydrogen-bond acceptors (Lipinski definition) is 4. The smallest absolute Gasteiger partial charge is 0.338 e. The van der Waals surface area contributed by atoms with E-state index in [9.17, 15) is 19.4 Å². The number of carboxylic acids is 1. The summed E-state index contributed by atoms with van der Waals surface area (Å²) in [5, 5.41) is 18.7. The standard InChI is InChI=1S/C19H21FO5/c1-2-3-9-24-18-15(11-21)17(20)14(19(22)23)10-16(18)25-12-13-7-5-4-6-8-13/h4-8,10,21H,2-3,9,11-12H2,1H3,(H,22,23). The quantitative estimate of drug-likeness (QED) is 0.675. The van der Waals surface area contributed by atoms with Crippen LogP contribution in [0, 0.1) is 5.82 Å². The molecule has 0 amide bonds. The SMILES string of the molecule is CCCCOc1c(OCc2ccccc2)cc(C(=O)O)c(F)c1CO. The maximum atomic E-state index is 14.4. The van der Waals surface area contributed by atoms with Gasteiger partial charge in [-0.25, -0.2) is 9.18 Å². The lowest BCUT2D eigenvalue weighted by molar-refractivity contribution is 0.0690. The summed E-state index contributed by atoms with van der Waals surface area (Å²) in [7, 11) is 0. The van der Waals surface area contributed by atoms with Crippen LogP contribution in [0.1, 0.15) is 41.3 Å². The van der Waals surface area contributed by atoms with Crippen LogP contribution in [0.3, 0.4) is 0 Å². The van der Waals surface area contributed by atoms with E-state index in [0.717, 1.165) is 24.5 Å². The van der Waals surface area contributed by atoms with Crippen molar-refractivity contribution in [2.45, 2.75) is 33.0 Å². The second-order valence-corrected chi connectivity index (χ2v) is 5.48. The molecule has 0 aliphatic rings. The first-order chi connectivity index (χ1) is 12.1. The van der Waals surface area contributed by atoms with Crippen molar-refractivity contribution in [2.24, 2.45) is 0 Å². The topological polar surface area (TPSA) is 76.0 Å². The molecule has 0 saturated heterocycles. The maximum absolute atomic E-state index is 14.4. The number of aromatic carboxylic acids is 1. The van der Waals surface area contributed by atoms with E-state index in [1.54, 1.807) is 0 Å². The van der Waals surface area contributed by atoms with Crippen LogP contribution in [-0.2, 0) is 13.2 Å².